The summed E-state index contributed by atoms with van der Waals surface area (Å²) in [6.07, 6.45) is 2.44. The van der Waals surface area contributed by atoms with Gasteiger partial charge in [0.25, 0.3) is 0 Å². The first-order chi connectivity index (χ1) is 11.7. The number of halogens is 1. The molecule has 2 N–H and O–H groups in total. The van der Waals surface area contributed by atoms with Gasteiger partial charge in [0.1, 0.15) is 22.9 Å². The van der Waals surface area contributed by atoms with Gasteiger partial charge in [0.15, 0.2) is 5.96 Å². The van der Waals surface area contributed by atoms with Gasteiger partial charge in [0, 0.05) is 31.0 Å². The minimum atomic E-state index is -0.263. The molecule has 5 nitrogen and oxygen atoms in total. The predicted molar refractivity (Wildman–Crippen MR) is 91.5 cm³/mol. The van der Waals surface area contributed by atoms with Gasteiger partial charge in [-0.3, -0.25) is 4.99 Å². The van der Waals surface area contributed by atoms with Crippen molar-refractivity contribution in [3.05, 3.63) is 59.5 Å². The van der Waals surface area contributed by atoms with E-state index in [9.17, 15) is 4.39 Å². The standard InChI is InChI=1S/C18H20FN3O2/c1-12-15-10-13(19)5-6-16(15)24-17(12)11-22-18(20-2)21-8-7-14-4-3-9-23-14/h3-6,9-10H,7-8,11H2,1-2H3,(H2,20,21,22). The van der Waals surface area contributed by atoms with E-state index in [1.165, 1.54) is 12.1 Å². The molecule has 2 aromatic heterocycles. The summed E-state index contributed by atoms with van der Waals surface area (Å²) in [7, 11) is 1.71. The molecule has 3 aromatic rings. The van der Waals surface area contributed by atoms with E-state index in [2.05, 4.69) is 15.6 Å². The third-order valence-electron chi connectivity index (χ3n) is 3.88. The zero-order chi connectivity index (χ0) is 16.9. The number of guanidine groups is 1. The van der Waals surface area contributed by atoms with E-state index in [4.69, 9.17) is 8.83 Å². The number of furan rings is 2. The van der Waals surface area contributed by atoms with Gasteiger partial charge in [-0.05, 0) is 37.3 Å². The second-order valence-electron chi connectivity index (χ2n) is 5.47. The lowest BCUT2D eigenvalue weighted by Gasteiger charge is -2.10. The molecule has 0 atom stereocenters. The van der Waals surface area contributed by atoms with Crippen LogP contribution in [0.25, 0.3) is 11.0 Å². The van der Waals surface area contributed by atoms with Crippen LogP contribution in [0.4, 0.5) is 4.39 Å². The van der Waals surface area contributed by atoms with E-state index in [0.717, 1.165) is 28.9 Å². The third kappa shape index (κ3) is 3.59. The Morgan fingerprint density at radius 1 is 1.25 bits per heavy atom. The van der Waals surface area contributed by atoms with Crippen molar-refractivity contribution in [3.63, 3.8) is 0 Å². The van der Waals surface area contributed by atoms with E-state index < -0.39 is 0 Å². The molecule has 0 spiro atoms. The molecule has 0 saturated carbocycles. The largest absolute Gasteiger partial charge is 0.469 e. The van der Waals surface area contributed by atoms with Crippen molar-refractivity contribution < 1.29 is 13.2 Å². The fraction of sp³-hybridized carbons (Fsp3) is 0.278. The number of rotatable bonds is 5. The maximum Gasteiger partial charge on any atom is 0.191 e. The van der Waals surface area contributed by atoms with Crippen molar-refractivity contribution in [3.8, 4) is 0 Å². The van der Waals surface area contributed by atoms with E-state index in [1.54, 1.807) is 19.4 Å². The Labute approximate surface area is 139 Å². The highest BCUT2D eigenvalue weighted by atomic mass is 19.1. The van der Waals surface area contributed by atoms with Gasteiger partial charge >= 0.3 is 0 Å². The number of hydrogen-bond donors (Lipinski definition) is 2. The lowest BCUT2D eigenvalue weighted by atomic mass is 10.1. The highest BCUT2D eigenvalue weighted by molar-refractivity contribution is 5.83. The smallest absolute Gasteiger partial charge is 0.191 e. The van der Waals surface area contributed by atoms with Gasteiger partial charge in [-0.1, -0.05) is 0 Å². The van der Waals surface area contributed by atoms with Crippen molar-refractivity contribution in [2.45, 2.75) is 19.9 Å². The molecule has 126 valence electrons. The number of aryl methyl sites for hydroxylation is 1. The van der Waals surface area contributed by atoms with Crippen LogP contribution in [-0.2, 0) is 13.0 Å². The lowest BCUT2D eigenvalue weighted by molar-refractivity contribution is 0.505. The van der Waals surface area contributed by atoms with Crippen LogP contribution < -0.4 is 10.6 Å². The van der Waals surface area contributed by atoms with E-state index in [-0.39, 0.29) is 5.82 Å². The summed E-state index contributed by atoms with van der Waals surface area (Å²) in [6, 6.07) is 8.35. The Morgan fingerprint density at radius 3 is 2.88 bits per heavy atom. The molecule has 0 amide bonds. The Hall–Kier alpha value is -2.76. The third-order valence-corrected chi connectivity index (χ3v) is 3.88. The van der Waals surface area contributed by atoms with Gasteiger partial charge in [0.05, 0.1) is 12.8 Å². The molecule has 1 aromatic carbocycles. The number of benzene rings is 1. The summed E-state index contributed by atoms with van der Waals surface area (Å²) in [4.78, 5) is 4.18. The summed E-state index contributed by atoms with van der Waals surface area (Å²) in [5.74, 6) is 2.10. The molecule has 2 heterocycles. The summed E-state index contributed by atoms with van der Waals surface area (Å²) >= 11 is 0. The van der Waals surface area contributed by atoms with Crippen LogP contribution in [0, 0.1) is 12.7 Å². The maximum absolute atomic E-state index is 13.4. The topological polar surface area (TPSA) is 62.7 Å². The zero-order valence-electron chi connectivity index (χ0n) is 13.7. The molecule has 6 heteroatoms. The molecule has 0 radical (unpaired) electrons. The molecule has 0 aliphatic rings. The van der Waals surface area contributed by atoms with Gasteiger partial charge in [-0.2, -0.15) is 0 Å². The van der Waals surface area contributed by atoms with Crippen molar-refractivity contribution in [2.24, 2.45) is 4.99 Å². The number of hydrogen-bond acceptors (Lipinski definition) is 3. The summed E-state index contributed by atoms with van der Waals surface area (Å²) in [5, 5.41) is 7.22. The number of aliphatic imine (C=N–C) groups is 1. The van der Waals surface area contributed by atoms with Crippen LogP contribution >= 0.6 is 0 Å². The van der Waals surface area contributed by atoms with Crippen LogP contribution in [-0.4, -0.2) is 19.6 Å². The normalized spacial score (nSPS) is 11.9. The van der Waals surface area contributed by atoms with Crippen LogP contribution in [0.5, 0.6) is 0 Å². The monoisotopic (exact) mass is 329 g/mol. The van der Waals surface area contributed by atoms with Crippen LogP contribution in [0.15, 0.2) is 50.4 Å². The molecule has 0 saturated heterocycles. The Morgan fingerprint density at radius 2 is 2.12 bits per heavy atom. The summed E-state index contributed by atoms with van der Waals surface area (Å²) in [6.45, 7) is 3.11. The van der Waals surface area contributed by atoms with E-state index in [1.807, 2.05) is 19.1 Å². The van der Waals surface area contributed by atoms with Gasteiger partial charge in [-0.25, -0.2) is 4.39 Å². The minimum Gasteiger partial charge on any atom is -0.469 e. The average Bonchev–Trinajstić information content (AvgIpc) is 3.20. The molecule has 24 heavy (non-hydrogen) atoms. The molecule has 0 bridgehead atoms. The Kier molecular flexibility index (Phi) is 4.84. The lowest BCUT2D eigenvalue weighted by Crippen LogP contribution is -2.37. The van der Waals surface area contributed by atoms with Crippen molar-refractivity contribution in [1.29, 1.82) is 0 Å². The Bertz CT molecular complexity index is 837. The number of fused-ring (bicyclic) bond motifs is 1. The number of nitrogens with one attached hydrogen (secondary N) is 2. The average molecular weight is 329 g/mol. The van der Waals surface area contributed by atoms with Crippen LogP contribution in [0.1, 0.15) is 17.1 Å². The fourth-order valence-corrected chi connectivity index (χ4v) is 2.56. The van der Waals surface area contributed by atoms with Crippen LogP contribution in [0.2, 0.25) is 0 Å². The summed E-state index contributed by atoms with van der Waals surface area (Å²) < 4.78 is 24.4. The predicted octanol–water partition coefficient (Wildman–Crippen LogP) is 3.38. The first-order valence-electron chi connectivity index (χ1n) is 7.82. The highest BCUT2D eigenvalue weighted by Crippen LogP contribution is 2.25. The molecule has 3 rings (SSSR count). The quantitative estimate of drug-likeness (QED) is 0.556. The van der Waals surface area contributed by atoms with E-state index >= 15 is 0 Å². The first-order valence-corrected chi connectivity index (χ1v) is 7.82. The minimum absolute atomic E-state index is 0.263. The zero-order valence-corrected chi connectivity index (χ0v) is 13.7. The SMILES string of the molecule is CN=C(NCCc1ccco1)NCc1oc2ccc(F)cc2c1C. The maximum atomic E-state index is 13.4. The van der Waals surface area contributed by atoms with Gasteiger partial charge < -0.3 is 19.5 Å². The van der Waals surface area contributed by atoms with Crippen molar-refractivity contribution in [1.82, 2.24) is 10.6 Å². The van der Waals surface area contributed by atoms with Crippen LogP contribution in [0.3, 0.4) is 0 Å². The second kappa shape index (κ2) is 7.21. The molecule has 0 aliphatic carbocycles. The molecule has 0 aliphatic heterocycles. The Balaban J connectivity index is 1.58. The molecule has 0 fully saturated rings. The van der Waals surface area contributed by atoms with Crippen molar-refractivity contribution in [2.75, 3.05) is 13.6 Å². The van der Waals surface area contributed by atoms with Gasteiger partial charge in [-0.15, -0.1) is 0 Å². The van der Waals surface area contributed by atoms with Gasteiger partial charge in [0.2, 0.25) is 0 Å². The molecular formula is C18H20FN3O2. The molecular weight excluding hydrogens is 309 g/mol. The fourth-order valence-electron chi connectivity index (χ4n) is 2.56. The highest BCUT2D eigenvalue weighted by Gasteiger charge is 2.11. The van der Waals surface area contributed by atoms with Crippen molar-refractivity contribution >= 4 is 16.9 Å². The summed E-state index contributed by atoms with van der Waals surface area (Å²) in [5.41, 5.74) is 1.62. The van der Waals surface area contributed by atoms with E-state index in [0.29, 0.717) is 24.6 Å². The molecule has 0 unspecified atom stereocenters. The number of nitrogens with zero attached hydrogens (tertiary/aromatic N) is 1. The second-order valence-corrected chi connectivity index (χ2v) is 5.47. The first kappa shape index (κ1) is 16.1.